The first-order valence-electron chi connectivity index (χ1n) is 11.2. The third-order valence-electron chi connectivity index (χ3n) is 6.14. The van der Waals surface area contributed by atoms with E-state index in [9.17, 15) is 13.2 Å². The third-order valence-corrected chi connectivity index (χ3v) is 8.05. The first-order chi connectivity index (χ1) is 15.0. The van der Waals surface area contributed by atoms with Gasteiger partial charge in [-0.3, -0.25) is 4.79 Å². The zero-order valence-corrected chi connectivity index (χ0v) is 18.5. The summed E-state index contributed by atoms with van der Waals surface area (Å²) in [4.78, 5) is 12.8. The highest BCUT2D eigenvalue weighted by Gasteiger charge is 2.33. The number of ether oxygens (including phenoxy) is 1. The fourth-order valence-corrected chi connectivity index (χ4v) is 6.10. The van der Waals surface area contributed by atoms with Crippen molar-refractivity contribution >= 4 is 15.9 Å². The van der Waals surface area contributed by atoms with E-state index in [1.54, 1.807) is 36.4 Å². The van der Waals surface area contributed by atoms with Crippen LogP contribution in [0.3, 0.4) is 0 Å². The first-order valence-corrected chi connectivity index (χ1v) is 12.6. The van der Waals surface area contributed by atoms with Crippen LogP contribution < -0.4 is 10.1 Å². The number of nitrogens with one attached hydrogen (secondary N) is 1. The van der Waals surface area contributed by atoms with Crippen molar-refractivity contribution in [3.05, 3.63) is 54.6 Å². The molecule has 2 fully saturated rings. The Morgan fingerprint density at radius 1 is 0.903 bits per heavy atom. The highest BCUT2D eigenvalue weighted by atomic mass is 32.2. The molecule has 2 aliphatic rings. The van der Waals surface area contributed by atoms with Crippen LogP contribution in [0.15, 0.2) is 59.5 Å². The molecule has 1 N–H and O–H groups in total. The molecule has 4 rings (SSSR count). The lowest BCUT2D eigenvalue weighted by Crippen LogP contribution is -2.50. The Labute approximate surface area is 184 Å². The number of hydrogen-bond acceptors (Lipinski definition) is 4. The molecule has 1 amide bonds. The maximum Gasteiger partial charge on any atom is 0.246 e. The number of para-hydroxylation sites is 2. The molecule has 1 saturated carbocycles. The smallest absolute Gasteiger partial charge is 0.246 e. The minimum atomic E-state index is -3.75. The van der Waals surface area contributed by atoms with Gasteiger partial charge in [0.2, 0.25) is 15.9 Å². The van der Waals surface area contributed by atoms with Crippen LogP contribution in [0.1, 0.15) is 44.9 Å². The molecule has 166 valence electrons. The Balaban J connectivity index is 1.48. The molecule has 0 unspecified atom stereocenters. The molecule has 7 heteroatoms. The van der Waals surface area contributed by atoms with E-state index in [2.05, 4.69) is 5.32 Å². The summed E-state index contributed by atoms with van der Waals surface area (Å²) in [6.07, 6.45) is 6.78. The Kier molecular flexibility index (Phi) is 6.92. The second kappa shape index (κ2) is 9.83. The molecule has 1 atom stereocenters. The molecule has 31 heavy (non-hydrogen) atoms. The van der Waals surface area contributed by atoms with Gasteiger partial charge in [-0.15, -0.1) is 0 Å². The van der Waals surface area contributed by atoms with E-state index in [-0.39, 0.29) is 22.8 Å². The molecular weight excluding hydrogens is 412 g/mol. The van der Waals surface area contributed by atoms with Crippen LogP contribution in [0.5, 0.6) is 11.5 Å². The highest BCUT2D eigenvalue weighted by Crippen LogP contribution is 2.32. The van der Waals surface area contributed by atoms with Gasteiger partial charge >= 0.3 is 0 Å². The molecule has 0 radical (unpaired) electrons. The third kappa shape index (κ3) is 5.28. The van der Waals surface area contributed by atoms with Gasteiger partial charge < -0.3 is 10.1 Å². The summed E-state index contributed by atoms with van der Waals surface area (Å²) in [6, 6.07) is 15.7. The largest absolute Gasteiger partial charge is 0.456 e. The highest BCUT2D eigenvalue weighted by molar-refractivity contribution is 7.89. The summed E-state index contributed by atoms with van der Waals surface area (Å²) in [5.41, 5.74) is 0. The van der Waals surface area contributed by atoms with Gasteiger partial charge in [0, 0.05) is 25.0 Å². The molecule has 0 bridgehead atoms. The topological polar surface area (TPSA) is 75.7 Å². The van der Waals surface area contributed by atoms with E-state index in [0.29, 0.717) is 24.6 Å². The van der Waals surface area contributed by atoms with Gasteiger partial charge in [-0.2, -0.15) is 4.31 Å². The van der Waals surface area contributed by atoms with E-state index < -0.39 is 10.0 Å². The van der Waals surface area contributed by atoms with Crippen LogP contribution >= 0.6 is 0 Å². The lowest BCUT2D eigenvalue weighted by atomic mass is 9.88. The maximum absolute atomic E-state index is 13.5. The molecule has 1 aliphatic carbocycles. The number of amides is 1. The lowest BCUT2D eigenvalue weighted by molar-refractivity contribution is -0.126. The second-order valence-corrected chi connectivity index (χ2v) is 10.3. The van der Waals surface area contributed by atoms with Crippen LogP contribution in [0.4, 0.5) is 0 Å². The van der Waals surface area contributed by atoms with E-state index in [4.69, 9.17) is 4.74 Å². The van der Waals surface area contributed by atoms with Crippen molar-refractivity contribution in [3.63, 3.8) is 0 Å². The van der Waals surface area contributed by atoms with E-state index in [1.807, 2.05) is 18.2 Å². The fraction of sp³-hybridized carbons (Fsp3) is 0.458. The molecule has 0 aromatic heterocycles. The molecule has 1 aliphatic heterocycles. The van der Waals surface area contributed by atoms with Crippen molar-refractivity contribution in [2.45, 2.75) is 55.9 Å². The second-order valence-electron chi connectivity index (χ2n) is 8.41. The average Bonchev–Trinajstić information content (AvgIpc) is 2.81. The standard InChI is InChI=1S/C24H30N2O4S/c27-24(19-10-3-1-4-11-19)25-20-12-9-17-26(18-20)31(28,29)23-16-8-7-15-22(23)30-21-13-5-2-6-14-21/h2,5-8,13-16,19-20H,1,3-4,9-12,17-18H2,(H,25,27)/t20-/m0/s1. The van der Waals surface area contributed by atoms with Gasteiger partial charge in [-0.25, -0.2) is 8.42 Å². The maximum atomic E-state index is 13.5. The van der Waals surface area contributed by atoms with Crippen LogP contribution in [0.2, 0.25) is 0 Å². The number of sulfonamides is 1. The van der Waals surface area contributed by atoms with E-state index in [1.165, 1.54) is 10.7 Å². The van der Waals surface area contributed by atoms with Crippen LogP contribution in [0, 0.1) is 5.92 Å². The van der Waals surface area contributed by atoms with Gasteiger partial charge in [-0.1, -0.05) is 49.6 Å². The predicted molar refractivity (Wildman–Crippen MR) is 119 cm³/mol. The van der Waals surface area contributed by atoms with Crippen molar-refractivity contribution < 1.29 is 17.9 Å². The Morgan fingerprint density at radius 2 is 1.61 bits per heavy atom. The summed E-state index contributed by atoms with van der Waals surface area (Å²) in [6.45, 7) is 0.734. The molecule has 2 aromatic rings. The SMILES string of the molecule is O=C(N[C@H]1CCCN(S(=O)(=O)c2ccccc2Oc2ccccc2)C1)C1CCCCC1. The minimum Gasteiger partial charge on any atom is -0.456 e. The quantitative estimate of drug-likeness (QED) is 0.723. The Morgan fingerprint density at radius 3 is 2.39 bits per heavy atom. The van der Waals surface area contributed by atoms with Gasteiger partial charge in [-0.05, 0) is 49.9 Å². The summed E-state index contributed by atoms with van der Waals surface area (Å²) in [5.74, 6) is 1.04. The average molecular weight is 443 g/mol. The van der Waals surface area contributed by atoms with Crippen molar-refractivity contribution in [3.8, 4) is 11.5 Å². The summed E-state index contributed by atoms with van der Waals surface area (Å²) >= 11 is 0. The number of piperidine rings is 1. The minimum absolute atomic E-state index is 0.0701. The van der Waals surface area contributed by atoms with Gasteiger partial charge in [0.05, 0.1) is 0 Å². The molecular formula is C24H30N2O4S. The van der Waals surface area contributed by atoms with Crippen molar-refractivity contribution in [2.75, 3.05) is 13.1 Å². The fourth-order valence-electron chi connectivity index (χ4n) is 4.46. The van der Waals surface area contributed by atoms with Gasteiger partial charge in [0.1, 0.15) is 16.4 Å². The number of nitrogens with zero attached hydrogens (tertiary/aromatic N) is 1. The zero-order valence-electron chi connectivity index (χ0n) is 17.7. The number of hydrogen-bond donors (Lipinski definition) is 1. The van der Waals surface area contributed by atoms with Crippen LogP contribution in [-0.4, -0.2) is 37.8 Å². The number of carbonyl (C=O) groups excluding carboxylic acids is 1. The van der Waals surface area contributed by atoms with Crippen LogP contribution in [-0.2, 0) is 14.8 Å². The Bertz CT molecular complexity index is 988. The molecule has 2 aromatic carbocycles. The monoisotopic (exact) mass is 442 g/mol. The Hall–Kier alpha value is -2.38. The van der Waals surface area contributed by atoms with Crippen molar-refractivity contribution in [2.24, 2.45) is 5.92 Å². The number of carbonyl (C=O) groups is 1. The van der Waals surface area contributed by atoms with Crippen molar-refractivity contribution in [1.82, 2.24) is 9.62 Å². The first kappa shape index (κ1) is 21.8. The van der Waals surface area contributed by atoms with Crippen LogP contribution in [0.25, 0.3) is 0 Å². The lowest BCUT2D eigenvalue weighted by Gasteiger charge is -2.33. The van der Waals surface area contributed by atoms with E-state index >= 15 is 0 Å². The molecule has 0 spiro atoms. The predicted octanol–water partition coefficient (Wildman–Crippen LogP) is 4.33. The molecule has 6 nitrogen and oxygen atoms in total. The number of benzene rings is 2. The summed E-state index contributed by atoms with van der Waals surface area (Å²) < 4.78 is 34.3. The zero-order chi connectivity index (χ0) is 21.7. The summed E-state index contributed by atoms with van der Waals surface area (Å²) in [7, 11) is -3.75. The van der Waals surface area contributed by atoms with Crippen molar-refractivity contribution in [1.29, 1.82) is 0 Å². The normalized spacial score (nSPS) is 20.8. The summed E-state index contributed by atoms with van der Waals surface area (Å²) in [5, 5.41) is 3.12. The molecule has 1 saturated heterocycles. The number of rotatable bonds is 6. The van der Waals surface area contributed by atoms with E-state index in [0.717, 1.165) is 38.5 Å². The van der Waals surface area contributed by atoms with Gasteiger partial charge in [0.15, 0.2) is 0 Å². The van der Waals surface area contributed by atoms with Gasteiger partial charge in [0.25, 0.3) is 0 Å². The molecule has 1 heterocycles.